The quantitative estimate of drug-likeness (QED) is 0.902. The van der Waals surface area contributed by atoms with Gasteiger partial charge in [0.1, 0.15) is 11.2 Å². The van der Waals surface area contributed by atoms with Crippen LogP contribution in [0.15, 0.2) is 34.9 Å². The lowest BCUT2D eigenvalue weighted by Crippen LogP contribution is -2.50. The molecule has 0 spiro atoms. The summed E-state index contributed by atoms with van der Waals surface area (Å²) in [6, 6.07) is 7.15. The molecule has 0 bridgehead atoms. The smallest absolute Gasteiger partial charge is 0.410 e. The van der Waals surface area contributed by atoms with Gasteiger partial charge >= 0.3 is 6.09 Å². The molecule has 2 heterocycles. The van der Waals surface area contributed by atoms with Crippen molar-refractivity contribution in [2.45, 2.75) is 51.7 Å². The van der Waals surface area contributed by atoms with Gasteiger partial charge in [-0.2, -0.15) is 0 Å². The van der Waals surface area contributed by atoms with E-state index in [9.17, 15) is 9.59 Å². The summed E-state index contributed by atoms with van der Waals surface area (Å²) in [5, 5.41) is 3.76. The molecule has 1 aliphatic rings. The second-order valence-corrected chi connectivity index (χ2v) is 7.67. The van der Waals surface area contributed by atoms with E-state index in [4.69, 9.17) is 9.15 Å². The van der Waals surface area contributed by atoms with Gasteiger partial charge in [0, 0.05) is 18.5 Å². The van der Waals surface area contributed by atoms with Gasteiger partial charge in [-0.3, -0.25) is 4.79 Å². The molecule has 6 heteroatoms. The van der Waals surface area contributed by atoms with Crippen LogP contribution in [0.5, 0.6) is 0 Å². The summed E-state index contributed by atoms with van der Waals surface area (Å²) in [6.07, 6.45) is 4.12. The minimum absolute atomic E-state index is 0.0499. The molecular weight excluding hydrogens is 332 g/mol. The number of nitrogens with zero attached hydrogens (tertiary/aromatic N) is 1. The van der Waals surface area contributed by atoms with Gasteiger partial charge in [0.15, 0.2) is 0 Å². The fourth-order valence-corrected chi connectivity index (χ4v) is 3.27. The van der Waals surface area contributed by atoms with Crippen LogP contribution in [0.2, 0.25) is 0 Å². The second kappa shape index (κ2) is 7.40. The van der Waals surface area contributed by atoms with Gasteiger partial charge in [-0.1, -0.05) is 6.07 Å². The standard InChI is InChI=1S/C20H26N2O4/c1-20(2,3)26-19(24)22-11-5-4-7-14(22)13-21-18(23)16-8-6-9-17-15(16)10-12-25-17/h6,8-10,12,14H,4-5,7,11,13H2,1-3H3,(H,21,23)/t14-/m0/s1. The summed E-state index contributed by atoms with van der Waals surface area (Å²) < 4.78 is 10.9. The Labute approximate surface area is 153 Å². The minimum Gasteiger partial charge on any atom is -0.464 e. The molecule has 1 atom stereocenters. The summed E-state index contributed by atoms with van der Waals surface area (Å²) >= 11 is 0. The van der Waals surface area contributed by atoms with Gasteiger partial charge in [0.05, 0.1) is 17.9 Å². The Bertz CT molecular complexity index is 790. The zero-order chi connectivity index (χ0) is 18.7. The minimum atomic E-state index is -0.529. The highest BCUT2D eigenvalue weighted by Gasteiger charge is 2.30. The van der Waals surface area contributed by atoms with Crippen LogP contribution in [0.3, 0.4) is 0 Å². The summed E-state index contributed by atoms with van der Waals surface area (Å²) in [5.74, 6) is -0.160. The van der Waals surface area contributed by atoms with Gasteiger partial charge in [-0.05, 0) is 58.2 Å². The van der Waals surface area contributed by atoms with Crippen LogP contribution in [0.1, 0.15) is 50.4 Å². The molecule has 6 nitrogen and oxygen atoms in total. The molecule has 2 amide bonds. The second-order valence-electron chi connectivity index (χ2n) is 7.67. The third kappa shape index (κ3) is 4.18. The molecule has 1 N–H and O–H groups in total. The molecule has 2 aromatic rings. The molecule has 0 radical (unpaired) electrons. The summed E-state index contributed by atoms with van der Waals surface area (Å²) in [6.45, 7) is 6.64. The van der Waals surface area contributed by atoms with Gasteiger partial charge < -0.3 is 19.4 Å². The Kier molecular flexibility index (Phi) is 5.20. The Hall–Kier alpha value is -2.50. The van der Waals surface area contributed by atoms with E-state index in [1.807, 2.05) is 26.8 Å². The van der Waals surface area contributed by atoms with E-state index in [0.29, 0.717) is 24.2 Å². The lowest BCUT2D eigenvalue weighted by atomic mass is 10.0. The van der Waals surface area contributed by atoms with Crippen molar-refractivity contribution in [3.8, 4) is 0 Å². The fraction of sp³-hybridized carbons (Fsp3) is 0.500. The highest BCUT2D eigenvalue weighted by atomic mass is 16.6. The highest BCUT2D eigenvalue weighted by molar-refractivity contribution is 6.05. The number of hydrogen-bond donors (Lipinski definition) is 1. The van der Waals surface area contributed by atoms with Crippen molar-refractivity contribution >= 4 is 23.0 Å². The van der Waals surface area contributed by atoms with Crippen LogP contribution in [-0.2, 0) is 4.74 Å². The van der Waals surface area contributed by atoms with Crippen LogP contribution in [-0.4, -0.2) is 41.6 Å². The predicted molar refractivity (Wildman–Crippen MR) is 99.1 cm³/mol. The first-order chi connectivity index (χ1) is 12.3. The average Bonchev–Trinajstić information content (AvgIpc) is 3.07. The molecule has 0 aliphatic carbocycles. The van der Waals surface area contributed by atoms with Crippen LogP contribution in [0.4, 0.5) is 4.79 Å². The molecule has 0 saturated carbocycles. The highest BCUT2D eigenvalue weighted by Crippen LogP contribution is 2.22. The van der Waals surface area contributed by atoms with Crippen molar-refractivity contribution in [3.63, 3.8) is 0 Å². The Balaban J connectivity index is 1.66. The number of carbonyl (C=O) groups is 2. The van der Waals surface area contributed by atoms with Crippen molar-refractivity contribution < 1.29 is 18.7 Å². The van der Waals surface area contributed by atoms with Gasteiger partial charge in [-0.15, -0.1) is 0 Å². The molecule has 1 saturated heterocycles. The molecule has 140 valence electrons. The lowest BCUT2D eigenvalue weighted by molar-refractivity contribution is 0.00986. The van der Waals surface area contributed by atoms with E-state index in [1.54, 1.807) is 29.4 Å². The first-order valence-electron chi connectivity index (χ1n) is 9.09. The SMILES string of the molecule is CC(C)(C)OC(=O)N1CCCC[C@H]1CNC(=O)c1cccc2occc12. The van der Waals surface area contributed by atoms with Crippen LogP contribution < -0.4 is 5.32 Å². The molecule has 1 aliphatic heterocycles. The van der Waals surface area contributed by atoms with E-state index < -0.39 is 5.60 Å². The van der Waals surface area contributed by atoms with Crippen molar-refractivity contribution in [2.24, 2.45) is 0 Å². The Morgan fingerprint density at radius 1 is 1.27 bits per heavy atom. The van der Waals surface area contributed by atoms with E-state index >= 15 is 0 Å². The topological polar surface area (TPSA) is 71.8 Å². The van der Waals surface area contributed by atoms with Gasteiger partial charge in [-0.25, -0.2) is 4.79 Å². The third-order valence-electron chi connectivity index (χ3n) is 4.49. The molecule has 3 rings (SSSR count). The van der Waals surface area contributed by atoms with E-state index in [2.05, 4.69) is 5.32 Å². The number of rotatable bonds is 3. The Morgan fingerprint density at radius 2 is 2.08 bits per heavy atom. The van der Waals surface area contributed by atoms with Crippen molar-refractivity contribution in [3.05, 3.63) is 36.1 Å². The van der Waals surface area contributed by atoms with Crippen molar-refractivity contribution in [1.82, 2.24) is 10.2 Å². The maximum atomic E-state index is 12.6. The van der Waals surface area contributed by atoms with E-state index in [-0.39, 0.29) is 18.0 Å². The van der Waals surface area contributed by atoms with Crippen LogP contribution >= 0.6 is 0 Å². The fourth-order valence-electron chi connectivity index (χ4n) is 3.27. The molecule has 1 aromatic heterocycles. The van der Waals surface area contributed by atoms with Crippen LogP contribution in [0, 0.1) is 0 Å². The first-order valence-corrected chi connectivity index (χ1v) is 9.09. The number of amides is 2. The predicted octanol–water partition coefficient (Wildman–Crippen LogP) is 3.95. The Morgan fingerprint density at radius 3 is 2.85 bits per heavy atom. The van der Waals surface area contributed by atoms with Crippen molar-refractivity contribution in [2.75, 3.05) is 13.1 Å². The monoisotopic (exact) mass is 358 g/mol. The zero-order valence-electron chi connectivity index (χ0n) is 15.6. The van der Waals surface area contributed by atoms with Crippen LogP contribution in [0.25, 0.3) is 11.0 Å². The molecule has 0 unspecified atom stereocenters. The summed E-state index contributed by atoms with van der Waals surface area (Å²) in [4.78, 5) is 26.8. The number of fused-ring (bicyclic) bond motifs is 1. The average molecular weight is 358 g/mol. The number of carbonyl (C=O) groups excluding carboxylic acids is 2. The van der Waals surface area contributed by atoms with Crippen molar-refractivity contribution in [1.29, 1.82) is 0 Å². The third-order valence-corrected chi connectivity index (χ3v) is 4.49. The normalized spacial score (nSPS) is 18.0. The van der Waals surface area contributed by atoms with Gasteiger partial charge in [0.25, 0.3) is 5.91 Å². The number of likely N-dealkylation sites (tertiary alicyclic amines) is 1. The maximum Gasteiger partial charge on any atom is 0.410 e. The number of benzene rings is 1. The molecule has 1 fully saturated rings. The zero-order valence-corrected chi connectivity index (χ0v) is 15.6. The number of nitrogens with one attached hydrogen (secondary N) is 1. The molecule has 1 aromatic carbocycles. The number of hydrogen-bond acceptors (Lipinski definition) is 4. The largest absolute Gasteiger partial charge is 0.464 e. The lowest BCUT2D eigenvalue weighted by Gasteiger charge is -2.36. The van der Waals surface area contributed by atoms with Gasteiger partial charge in [0.2, 0.25) is 0 Å². The molecular formula is C20H26N2O4. The first kappa shape index (κ1) is 18.3. The summed E-state index contributed by atoms with van der Waals surface area (Å²) in [5.41, 5.74) is 0.737. The maximum absolute atomic E-state index is 12.6. The van der Waals surface area contributed by atoms with E-state index in [1.165, 1.54) is 0 Å². The number of piperidine rings is 1. The number of ether oxygens (including phenoxy) is 1. The number of furan rings is 1. The van der Waals surface area contributed by atoms with E-state index in [0.717, 1.165) is 24.6 Å². The summed E-state index contributed by atoms with van der Waals surface area (Å²) in [7, 11) is 0. The molecule has 26 heavy (non-hydrogen) atoms.